The van der Waals surface area contributed by atoms with E-state index in [2.05, 4.69) is 39.6 Å². The summed E-state index contributed by atoms with van der Waals surface area (Å²) in [5.41, 5.74) is 4.70. The van der Waals surface area contributed by atoms with Crippen LogP contribution in [0.4, 0.5) is 9.18 Å². The van der Waals surface area contributed by atoms with E-state index in [4.69, 9.17) is 33.8 Å². The fraction of sp³-hybridized carbons (Fsp3) is 0.581. The van der Waals surface area contributed by atoms with Gasteiger partial charge in [-0.05, 0) is 99.9 Å². The van der Waals surface area contributed by atoms with E-state index in [1.54, 1.807) is 26.8 Å². The molecule has 2 aliphatic rings. The maximum atomic E-state index is 15.6. The van der Waals surface area contributed by atoms with Gasteiger partial charge in [-0.25, -0.2) is 23.6 Å². The molecule has 0 spiro atoms. The van der Waals surface area contributed by atoms with Crippen LogP contribution in [0.15, 0.2) is 30.3 Å². The molecule has 1 amide bonds. The van der Waals surface area contributed by atoms with E-state index in [1.165, 1.54) is 12.0 Å². The molecule has 1 saturated heterocycles. The number of hydrogen-bond donors (Lipinski definition) is 0. The largest absolute Gasteiger partial charge is 0.491 e. The van der Waals surface area contributed by atoms with E-state index in [0.717, 1.165) is 71.4 Å². The van der Waals surface area contributed by atoms with E-state index < -0.39 is 37.6 Å². The van der Waals surface area contributed by atoms with Gasteiger partial charge >= 0.3 is 12.1 Å². The lowest BCUT2D eigenvalue weighted by Crippen LogP contribution is -2.51. The van der Waals surface area contributed by atoms with Crippen LogP contribution in [-0.4, -0.2) is 82.9 Å². The molecule has 4 heterocycles. The molecule has 0 bridgehead atoms. The van der Waals surface area contributed by atoms with Crippen molar-refractivity contribution in [3.8, 4) is 28.4 Å². The zero-order valence-electron chi connectivity index (χ0n) is 35.2. The first-order chi connectivity index (χ1) is 27.1. The normalized spacial score (nSPS) is 17.5. The Balaban J connectivity index is 1.49. The predicted molar refractivity (Wildman–Crippen MR) is 220 cm³/mol. The number of methoxy groups -OCH3 is 1. The van der Waals surface area contributed by atoms with Crippen molar-refractivity contribution in [1.29, 1.82) is 0 Å². The molecule has 57 heavy (non-hydrogen) atoms. The lowest BCUT2D eigenvalue weighted by molar-refractivity contribution is -0.147. The van der Waals surface area contributed by atoms with Crippen LogP contribution in [-0.2, 0) is 49.9 Å². The van der Waals surface area contributed by atoms with Gasteiger partial charge in [-0.3, -0.25) is 4.90 Å². The summed E-state index contributed by atoms with van der Waals surface area (Å²) >= 11 is 0. The van der Waals surface area contributed by atoms with E-state index in [1.807, 2.05) is 27.4 Å². The highest BCUT2D eigenvalue weighted by Crippen LogP contribution is 2.39. The Labute approximate surface area is 337 Å². The number of aromatic nitrogens is 4. The summed E-state index contributed by atoms with van der Waals surface area (Å²) in [6.07, 6.45) is 4.49. The van der Waals surface area contributed by atoms with Crippen LogP contribution in [0.2, 0.25) is 25.7 Å². The fourth-order valence-corrected chi connectivity index (χ4v) is 8.11. The molecular formula is C43H60FN5O7Si. The molecule has 2 atom stereocenters. The van der Waals surface area contributed by atoms with Crippen LogP contribution < -0.4 is 4.74 Å². The Morgan fingerprint density at radius 3 is 2.53 bits per heavy atom. The highest BCUT2D eigenvalue weighted by molar-refractivity contribution is 6.76. The van der Waals surface area contributed by atoms with Gasteiger partial charge in [0.15, 0.2) is 23.6 Å². The molecular weight excluding hydrogens is 746 g/mol. The minimum absolute atomic E-state index is 0.0619. The number of hydrogen-bond acceptors (Lipinski definition) is 9. The Kier molecular flexibility index (Phi) is 13.1. The minimum Gasteiger partial charge on any atom is -0.491 e. The Morgan fingerprint density at radius 1 is 1.07 bits per heavy atom. The Hall–Kier alpha value is -4.27. The lowest BCUT2D eigenvalue weighted by atomic mass is 9.96. The van der Waals surface area contributed by atoms with E-state index >= 15 is 4.39 Å². The molecule has 14 heteroatoms. The summed E-state index contributed by atoms with van der Waals surface area (Å²) in [5, 5.41) is 6.09. The Bertz CT molecular complexity index is 2060. The van der Waals surface area contributed by atoms with Gasteiger partial charge in [0.05, 0.1) is 37.2 Å². The summed E-state index contributed by atoms with van der Waals surface area (Å²) < 4.78 is 48.9. The van der Waals surface area contributed by atoms with Crippen molar-refractivity contribution in [2.75, 3.05) is 26.9 Å². The van der Waals surface area contributed by atoms with Crippen molar-refractivity contribution < 1.29 is 37.7 Å². The van der Waals surface area contributed by atoms with Crippen LogP contribution in [0.25, 0.3) is 33.5 Å². The van der Waals surface area contributed by atoms with Gasteiger partial charge in [0, 0.05) is 33.1 Å². The van der Waals surface area contributed by atoms with Crippen LogP contribution in [0.5, 0.6) is 5.75 Å². The first-order valence-corrected chi connectivity index (χ1v) is 24.2. The third kappa shape index (κ3) is 9.72. The summed E-state index contributed by atoms with van der Waals surface area (Å²) in [6.45, 7) is 18.3. The third-order valence-corrected chi connectivity index (χ3v) is 12.2. The highest BCUT2D eigenvalue weighted by atomic mass is 28.3. The van der Waals surface area contributed by atoms with E-state index in [9.17, 15) is 9.59 Å². The van der Waals surface area contributed by atoms with Crippen molar-refractivity contribution in [3.63, 3.8) is 0 Å². The zero-order chi connectivity index (χ0) is 41.1. The second kappa shape index (κ2) is 17.7. The van der Waals surface area contributed by atoms with Crippen molar-refractivity contribution >= 4 is 31.0 Å². The van der Waals surface area contributed by atoms with Gasteiger partial charge in [-0.15, -0.1) is 0 Å². The van der Waals surface area contributed by atoms with Crippen LogP contribution in [0, 0.1) is 5.82 Å². The first kappa shape index (κ1) is 42.3. The molecule has 12 nitrogen and oxygen atoms in total. The standard InChI is InChI=1S/C43H60FN5O7Si/c1-10-12-18-54-37-23-28(11-2)31(24-32(37)44)29-16-17-30-34(22-29)49(38-15-13-14-19-55-38)46-39(30)40-45-33-25-35(41(50)52-6)47(42(51)56-43(3,4)5)26-36(33)48(40)27-53-20-21-57(7,8)9/h16-17,22-24,35,38H,10-15,18-21,25-27H2,1-9H3/t35-,38?/m0/s1. The third-order valence-electron chi connectivity index (χ3n) is 10.5. The maximum absolute atomic E-state index is 15.6. The summed E-state index contributed by atoms with van der Waals surface area (Å²) in [5.74, 6) is -0.107. The molecule has 4 aromatic rings. The van der Waals surface area contributed by atoms with Gasteiger partial charge in [0.25, 0.3) is 0 Å². The second-order valence-electron chi connectivity index (χ2n) is 17.3. The van der Waals surface area contributed by atoms with Crippen LogP contribution >= 0.6 is 0 Å². The van der Waals surface area contributed by atoms with Crippen molar-refractivity contribution in [1.82, 2.24) is 24.2 Å². The van der Waals surface area contributed by atoms with Crippen molar-refractivity contribution in [2.45, 2.75) is 136 Å². The summed E-state index contributed by atoms with van der Waals surface area (Å²) in [7, 11) is -0.0832. The number of ether oxygens (including phenoxy) is 5. The number of esters is 1. The molecule has 0 aliphatic carbocycles. The van der Waals surface area contributed by atoms with E-state index in [-0.39, 0.29) is 31.7 Å². The lowest BCUT2D eigenvalue weighted by Gasteiger charge is -2.35. The van der Waals surface area contributed by atoms with Gasteiger partial charge in [-0.2, -0.15) is 5.10 Å². The number of rotatable bonds is 14. The van der Waals surface area contributed by atoms with E-state index in [0.29, 0.717) is 43.5 Å². The molecule has 0 radical (unpaired) electrons. The molecule has 2 aromatic heterocycles. The number of halogens is 1. The van der Waals surface area contributed by atoms with Gasteiger partial charge in [0.2, 0.25) is 0 Å². The number of fused-ring (bicyclic) bond motifs is 2. The SMILES string of the molecule is CCCCOc1cc(CC)c(-c2ccc3c(-c4nc5c(n4COCC[Si](C)(C)C)CN(C(=O)OC(C)(C)C)[C@H](C(=O)OC)C5)nn(C4CCCCO4)c3c2)cc1F. The van der Waals surface area contributed by atoms with Crippen molar-refractivity contribution in [3.05, 3.63) is 53.1 Å². The fourth-order valence-electron chi connectivity index (χ4n) is 7.35. The minimum atomic E-state index is -1.40. The Morgan fingerprint density at radius 2 is 1.86 bits per heavy atom. The summed E-state index contributed by atoms with van der Waals surface area (Å²) in [6, 6.07) is 9.52. The smallest absolute Gasteiger partial charge is 0.411 e. The molecule has 0 saturated carbocycles. The first-order valence-electron chi connectivity index (χ1n) is 20.5. The second-order valence-corrected chi connectivity index (χ2v) is 22.9. The zero-order valence-corrected chi connectivity index (χ0v) is 36.2. The molecule has 310 valence electrons. The average Bonchev–Trinajstić information content (AvgIpc) is 3.73. The number of aryl methyl sites for hydroxylation is 1. The number of carbonyl (C=O) groups excluding carboxylic acids is 2. The molecule has 2 aliphatic heterocycles. The topological polar surface area (TPSA) is 119 Å². The number of unbranched alkanes of at least 4 members (excludes halogenated alkanes) is 1. The number of amides is 1. The number of nitrogens with zero attached hydrogens (tertiary/aromatic N) is 5. The highest BCUT2D eigenvalue weighted by Gasteiger charge is 2.41. The summed E-state index contributed by atoms with van der Waals surface area (Å²) in [4.78, 5) is 33.4. The molecule has 1 unspecified atom stereocenters. The van der Waals surface area contributed by atoms with Gasteiger partial charge in [0.1, 0.15) is 24.1 Å². The molecule has 6 rings (SSSR count). The number of imidazole rings is 1. The van der Waals surface area contributed by atoms with Gasteiger partial charge in [-0.1, -0.05) is 46.0 Å². The quantitative estimate of drug-likeness (QED) is 0.0698. The number of benzene rings is 2. The van der Waals surface area contributed by atoms with Crippen LogP contribution in [0.1, 0.15) is 89.9 Å². The monoisotopic (exact) mass is 805 g/mol. The predicted octanol–water partition coefficient (Wildman–Crippen LogP) is 9.29. The molecule has 2 aromatic carbocycles. The van der Waals surface area contributed by atoms with Crippen LogP contribution in [0.3, 0.4) is 0 Å². The number of carbonyl (C=O) groups is 2. The molecule has 0 N–H and O–H groups in total. The molecule has 1 fully saturated rings. The maximum Gasteiger partial charge on any atom is 0.411 e. The van der Waals surface area contributed by atoms with Gasteiger partial charge < -0.3 is 28.3 Å². The van der Waals surface area contributed by atoms with Crippen molar-refractivity contribution in [2.24, 2.45) is 0 Å². The average molecular weight is 806 g/mol.